The van der Waals surface area contributed by atoms with E-state index in [-0.39, 0.29) is 11.3 Å². The largest absolute Gasteiger partial charge is 0.497 e. The molecule has 1 saturated heterocycles. The Kier molecular flexibility index (Phi) is 5.88. The molecule has 144 valence electrons. The van der Waals surface area contributed by atoms with Gasteiger partial charge in [-0.2, -0.15) is 0 Å². The lowest BCUT2D eigenvalue weighted by molar-refractivity contribution is -0.130. The van der Waals surface area contributed by atoms with Crippen LogP contribution in [0.4, 0.5) is 0 Å². The smallest absolute Gasteiger partial charge is 0.222 e. The van der Waals surface area contributed by atoms with Gasteiger partial charge in [0.25, 0.3) is 0 Å². The SMILES string of the molecule is COc1ccc(C2CCN(C(=O)CCc3ccc(C(C)(C)C)cc3)C2)cc1. The molecule has 1 atom stereocenters. The average Bonchev–Trinajstić information content (AvgIpc) is 3.16. The minimum absolute atomic E-state index is 0.167. The van der Waals surface area contributed by atoms with Crippen LogP contribution in [-0.4, -0.2) is 31.0 Å². The molecule has 0 N–H and O–H groups in total. The van der Waals surface area contributed by atoms with Crippen LogP contribution in [0.3, 0.4) is 0 Å². The Morgan fingerprint density at radius 2 is 1.74 bits per heavy atom. The molecular weight excluding hydrogens is 334 g/mol. The number of carbonyl (C=O) groups is 1. The number of carbonyl (C=O) groups excluding carboxylic acids is 1. The average molecular weight is 366 g/mol. The molecule has 0 radical (unpaired) electrons. The number of methoxy groups -OCH3 is 1. The van der Waals surface area contributed by atoms with Crippen LogP contribution in [0.1, 0.15) is 56.2 Å². The molecule has 27 heavy (non-hydrogen) atoms. The number of benzene rings is 2. The van der Waals surface area contributed by atoms with E-state index in [2.05, 4.69) is 57.2 Å². The molecule has 1 heterocycles. The molecule has 1 amide bonds. The second-order valence-corrected chi connectivity index (χ2v) is 8.55. The monoisotopic (exact) mass is 365 g/mol. The number of hydrogen-bond donors (Lipinski definition) is 0. The van der Waals surface area contributed by atoms with Crippen LogP contribution in [0.2, 0.25) is 0 Å². The van der Waals surface area contributed by atoms with Crippen molar-refractivity contribution in [3.05, 3.63) is 65.2 Å². The summed E-state index contributed by atoms with van der Waals surface area (Å²) in [5, 5.41) is 0. The lowest BCUT2D eigenvalue weighted by atomic mass is 9.86. The minimum Gasteiger partial charge on any atom is -0.497 e. The highest BCUT2D eigenvalue weighted by Crippen LogP contribution is 2.29. The van der Waals surface area contributed by atoms with Crippen LogP contribution in [0.5, 0.6) is 5.75 Å². The van der Waals surface area contributed by atoms with Gasteiger partial charge < -0.3 is 9.64 Å². The Morgan fingerprint density at radius 3 is 2.33 bits per heavy atom. The van der Waals surface area contributed by atoms with Gasteiger partial charge >= 0.3 is 0 Å². The maximum absolute atomic E-state index is 12.6. The third-order valence-corrected chi connectivity index (χ3v) is 5.58. The summed E-state index contributed by atoms with van der Waals surface area (Å²) in [4.78, 5) is 14.7. The van der Waals surface area contributed by atoms with E-state index in [1.54, 1.807) is 7.11 Å². The van der Waals surface area contributed by atoms with E-state index in [9.17, 15) is 4.79 Å². The third kappa shape index (κ3) is 4.91. The fourth-order valence-corrected chi connectivity index (χ4v) is 3.72. The molecule has 1 fully saturated rings. The van der Waals surface area contributed by atoms with Crippen LogP contribution in [0.15, 0.2) is 48.5 Å². The minimum atomic E-state index is 0.167. The first kappa shape index (κ1) is 19.5. The second kappa shape index (κ2) is 8.16. The number of hydrogen-bond acceptors (Lipinski definition) is 2. The van der Waals surface area contributed by atoms with E-state index in [4.69, 9.17) is 4.74 Å². The van der Waals surface area contributed by atoms with Gasteiger partial charge in [-0.25, -0.2) is 0 Å². The van der Waals surface area contributed by atoms with Gasteiger partial charge in [0, 0.05) is 25.4 Å². The topological polar surface area (TPSA) is 29.5 Å². The van der Waals surface area contributed by atoms with E-state index in [0.717, 1.165) is 31.7 Å². The van der Waals surface area contributed by atoms with Crippen molar-refractivity contribution < 1.29 is 9.53 Å². The standard InChI is InChI=1S/C24H31NO2/c1-24(2,3)21-10-5-18(6-11-21)7-14-23(26)25-16-15-20(17-25)19-8-12-22(27-4)13-9-19/h5-6,8-13,20H,7,14-17H2,1-4H3. The Bertz CT molecular complexity index is 756. The van der Waals surface area contributed by atoms with Crippen molar-refractivity contribution in [2.24, 2.45) is 0 Å². The van der Waals surface area contributed by atoms with Crippen LogP contribution in [-0.2, 0) is 16.6 Å². The highest BCUT2D eigenvalue weighted by atomic mass is 16.5. The summed E-state index contributed by atoms with van der Waals surface area (Å²) in [5.74, 6) is 1.58. The zero-order valence-corrected chi connectivity index (χ0v) is 17.0. The lowest BCUT2D eigenvalue weighted by Gasteiger charge is -2.19. The quantitative estimate of drug-likeness (QED) is 0.751. The Hall–Kier alpha value is -2.29. The van der Waals surface area contributed by atoms with Crippen molar-refractivity contribution in [2.45, 2.75) is 51.4 Å². The second-order valence-electron chi connectivity index (χ2n) is 8.55. The fourth-order valence-electron chi connectivity index (χ4n) is 3.72. The molecule has 3 nitrogen and oxygen atoms in total. The molecule has 1 aliphatic heterocycles. The molecule has 1 unspecified atom stereocenters. The summed E-state index contributed by atoms with van der Waals surface area (Å²) in [5.41, 5.74) is 4.03. The zero-order valence-electron chi connectivity index (χ0n) is 17.0. The summed E-state index contributed by atoms with van der Waals surface area (Å²) in [6.07, 6.45) is 2.44. The molecule has 3 rings (SSSR count). The van der Waals surface area contributed by atoms with Gasteiger partial charge in [-0.15, -0.1) is 0 Å². The molecule has 2 aromatic rings. The first-order valence-electron chi connectivity index (χ1n) is 9.88. The van der Waals surface area contributed by atoms with Crippen LogP contribution in [0.25, 0.3) is 0 Å². The van der Waals surface area contributed by atoms with E-state index >= 15 is 0 Å². The number of ether oxygens (including phenoxy) is 1. The molecule has 0 saturated carbocycles. The fraction of sp³-hybridized carbons (Fsp3) is 0.458. The summed E-state index contributed by atoms with van der Waals surface area (Å²) in [6.45, 7) is 8.35. The summed E-state index contributed by atoms with van der Waals surface area (Å²) >= 11 is 0. The van der Waals surface area contributed by atoms with Crippen LogP contribution >= 0.6 is 0 Å². The Morgan fingerprint density at radius 1 is 1.07 bits per heavy atom. The van der Waals surface area contributed by atoms with Gasteiger partial charge in [-0.05, 0) is 47.1 Å². The van der Waals surface area contributed by atoms with Gasteiger partial charge in [0.1, 0.15) is 5.75 Å². The molecule has 0 bridgehead atoms. The third-order valence-electron chi connectivity index (χ3n) is 5.58. The van der Waals surface area contributed by atoms with Crippen molar-refractivity contribution in [2.75, 3.05) is 20.2 Å². The molecule has 0 aromatic heterocycles. The number of nitrogens with zero attached hydrogens (tertiary/aromatic N) is 1. The highest BCUT2D eigenvalue weighted by molar-refractivity contribution is 5.77. The molecule has 0 aliphatic carbocycles. The van der Waals surface area contributed by atoms with Crippen molar-refractivity contribution in [1.82, 2.24) is 4.90 Å². The van der Waals surface area contributed by atoms with E-state index in [1.165, 1.54) is 16.7 Å². The predicted molar refractivity (Wildman–Crippen MR) is 110 cm³/mol. The number of rotatable bonds is 5. The summed E-state index contributed by atoms with van der Waals surface area (Å²) in [6, 6.07) is 16.9. The number of likely N-dealkylation sites (tertiary alicyclic amines) is 1. The Balaban J connectivity index is 1.51. The van der Waals surface area contributed by atoms with Gasteiger partial charge in [0.15, 0.2) is 0 Å². The predicted octanol–water partition coefficient (Wildman–Crippen LogP) is 4.94. The maximum atomic E-state index is 12.6. The van der Waals surface area contributed by atoms with E-state index < -0.39 is 0 Å². The van der Waals surface area contributed by atoms with Crippen LogP contribution < -0.4 is 4.74 Å². The molecule has 0 spiro atoms. The number of aryl methyl sites for hydroxylation is 1. The van der Waals surface area contributed by atoms with Crippen molar-refractivity contribution >= 4 is 5.91 Å². The first-order chi connectivity index (χ1) is 12.9. The summed E-state index contributed by atoms with van der Waals surface area (Å²) < 4.78 is 5.23. The highest BCUT2D eigenvalue weighted by Gasteiger charge is 2.27. The summed E-state index contributed by atoms with van der Waals surface area (Å²) in [7, 11) is 1.68. The lowest BCUT2D eigenvalue weighted by Crippen LogP contribution is -2.28. The first-order valence-corrected chi connectivity index (χ1v) is 9.88. The number of amides is 1. The van der Waals surface area contributed by atoms with Crippen molar-refractivity contribution in [3.63, 3.8) is 0 Å². The van der Waals surface area contributed by atoms with Gasteiger partial charge in [0.05, 0.1) is 7.11 Å². The normalized spacial score (nSPS) is 17.2. The molecule has 2 aromatic carbocycles. The van der Waals surface area contributed by atoms with Crippen molar-refractivity contribution in [1.29, 1.82) is 0 Å². The Labute approximate surface area is 163 Å². The molecular formula is C24H31NO2. The zero-order chi connectivity index (χ0) is 19.4. The van der Waals surface area contributed by atoms with Gasteiger partial charge in [-0.3, -0.25) is 4.79 Å². The van der Waals surface area contributed by atoms with Crippen molar-refractivity contribution in [3.8, 4) is 5.75 Å². The van der Waals surface area contributed by atoms with E-state index in [1.807, 2.05) is 17.0 Å². The van der Waals surface area contributed by atoms with Crippen LogP contribution in [0, 0.1) is 0 Å². The van der Waals surface area contributed by atoms with Gasteiger partial charge in [0.2, 0.25) is 5.91 Å². The molecule has 3 heteroatoms. The molecule has 1 aliphatic rings. The van der Waals surface area contributed by atoms with Gasteiger partial charge in [-0.1, -0.05) is 57.2 Å². The van der Waals surface area contributed by atoms with E-state index in [0.29, 0.717) is 12.3 Å². The maximum Gasteiger partial charge on any atom is 0.222 e.